The number of carbonyl (C=O) groups is 3. The number of likely N-dealkylation sites (N-methyl/N-ethyl adjacent to an activating group) is 2. The van der Waals surface area contributed by atoms with E-state index in [1.54, 1.807) is 27.4 Å². The van der Waals surface area contributed by atoms with Crippen LogP contribution in [0.5, 0.6) is 0 Å². The second-order valence-corrected chi connectivity index (χ2v) is 17.5. The molecule has 0 saturated carbocycles. The highest BCUT2D eigenvalue weighted by Crippen LogP contribution is 2.42. The van der Waals surface area contributed by atoms with E-state index in [1.165, 1.54) is 53.1 Å². The van der Waals surface area contributed by atoms with Gasteiger partial charge in [0.05, 0.1) is 54.3 Å². The van der Waals surface area contributed by atoms with E-state index in [0.717, 1.165) is 45.7 Å². The number of unbranched alkanes of at least 4 members (excludes halogenated alkanes) is 1. The number of alkyl halides is 1. The smallest absolute Gasteiger partial charge is 0.324 e. The number of aryl methyl sites for hydroxylation is 1. The molecule has 3 atom stereocenters. The number of nitrogens with one attached hydrogen (secondary N) is 2. The van der Waals surface area contributed by atoms with Gasteiger partial charge in [-0.05, 0) is 89.0 Å². The van der Waals surface area contributed by atoms with Gasteiger partial charge in [0.2, 0.25) is 5.91 Å². The zero-order chi connectivity index (χ0) is 51.0. The van der Waals surface area contributed by atoms with Gasteiger partial charge in [0.1, 0.15) is 6.04 Å². The van der Waals surface area contributed by atoms with Gasteiger partial charge in [-0.2, -0.15) is 0 Å². The van der Waals surface area contributed by atoms with E-state index < -0.39 is 24.0 Å². The minimum absolute atomic E-state index is 0.115. The van der Waals surface area contributed by atoms with Crippen molar-refractivity contribution in [3.8, 4) is 22.5 Å². The number of ketones is 1. The summed E-state index contributed by atoms with van der Waals surface area (Å²) in [6.07, 6.45) is 7.01. The number of ether oxygens (including phenoxy) is 2. The summed E-state index contributed by atoms with van der Waals surface area (Å²) in [4.78, 5) is 53.9. The zero-order valence-corrected chi connectivity index (χ0v) is 42.9. The van der Waals surface area contributed by atoms with Gasteiger partial charge < -0.3 is 35.7 Å². The maximum absolute atomic E-state index is 14.1. The minimum Gasteiger partial charge on any atom is -0.501 e. The number of fused-ring (bicyclic) bond motifs is 1. The van der Waals surface area contributed by atoms with E-state index in [9.17, 15) is 18.8 Å². The third kappa shape index (κ3) is 16.2. The SMILES string of the molecule is C=COCC(C)(C)Cc1c(-c2cccnc2C(C)OC)n(CC)c2ccc(-c3csc(CC(NC(=O)C(C(C)C)N(C)C(=O)N(C)C(=C)C=C)C(=O)CCCCNN)n3)cc12.CF.CN.CN. The summed E-state index contributed by atoms with van der Waals surface area (Å²) in [6, 6.07) is 8.39. The Labute approximate surface area is 403 Å². The van der Waals surface area contributed by atoms with Crippen molar-refractivity contribution < 1.29 is 28.2 Å². The monoisotopic (exact) mass is 951 g/mol. The lowest BCUT2D eigenvalue weighted by atomic mass is 9.84. The minimum atomic E-state index is -0.860. The Morgan fingerprint density at radius 1 is 1.06 bits per heavy atom. The number of urea groups is 1. The molecular formula is C50H79FN10O5S. The van der Waals surface area contributed by atoms with Crippen LogP contribution >= 0.6 is 11.3 Å². The predicted molar refractivity (Wildman–Crippen MR) is 274 cm³/mol. The number of allylic oxidation sites excluding steroid dienone is 1. The van der Waals surface area contributed by atoms with Crippen LogP contribution in [-0.2, 0) is 38.4 Å². The Bertz CT molecular complexity index is 2190. The molecule has 67 heavy (non-hydrogen) atoms. The van der Waals surface area contributed by atoms with Gasteiger partial charge in [-0.1, -0.05) is 53.5 Å². The van der Waals surface area contributed by atoms with Crippen LogP contribution < -0.4 is 28.1 Å². The number of rotatable bonds is 24. The van der Waals surface area contributed by atoms with Crippen LogP contribution in [-0.4, -0.2) is 110 Å². The molecule has 8 N–H and O–H groups in total. The number of hydrogen-bond donors (Lipinski definition) is 5. The first-order valence-electron chi connectivity index (χ1n) is 22.5. The lowest BCUT2D eigenvalue weighted by Gasteiger charge is -2.34. The van der Waals surface area contributed by atoms with Crippen LogP contribution in [0.3, 0.4) is 0 Å². The number of benzene rings is 1. The Hall–Kier alpha value is -5.30. The van der Waals surface area contributed by atoms with Gasteiger partial charge in [-0.15, -0.1) is 11.3 Å². The van der Waals surface area contributed by atoms with Crippen molar-refractivity contribution in [2.75, 3.05) is 55.6 Å². The molecule has 4 rings (SSSR count). The molecule has 372 valence electrons. The van der Waals surface area contributed by atoms with E-state index in [4.69, 9.17) is 25.3 Å². The van der Waals surface area contributed by atoms with Crippen LogP contribution in [0.4, 0.5) is 9.18 Å². The van der Waals surface area contributed by atoms with Crippen LogP contribution in [0.25, 0.3) is 33.4 Å². The van der Waals surface area contributed by atoms with Crippen molar-refractivity contribution in [3.05, 3.63) is 95.9 Å². The van der Waals surface area contributed by atoms with Crippen LogP contribution in [0.2, 0.25) is 0 Å². The zero-order valence-electron chi connectivity index (χ0n) is 42.1. The number of methoxy groups -OCH3 is 1. The Kier molecular flexibility index (Phi) is 26.9. The Balaban J connectivity index is 0.00000359. The molecule has 0 radical (unpaired) electrons. The molecule has 0 fully saturated rings. The first kappa shape index (κ1) is 59.7. The average molecular weight is 951 g/mol. The fraction of sp³-hybridized carbons (Fsp3) is 0.500. The van der Waals surface area contributed by atoms with Gasteiger partial charge in [-0.3, -0.25) is 35.1 Å². The van der Waals surface area contributed by atoms with Crippen LogP contribution in [0.1, 0.15) is 83.2 Å². The first-order chi connectivity index (χ1) is 32.0. The summed E-state index contributed by atoms with van der Waals surface area (Å²) >= 11 is 1.45. The number of nitrogens with zero attached hydrogens (tertiary/aromatic N) is 5. The maximum atomic E-state index is 14.1. The number of halogens is 1. The summed E-state index contributed by atoms with van der Waals surface area (Å²) < 4.78 is 23.4. The molecule has 3 amide bonds. The second-order valence-electron chi connectivity index (χ2n) is 16.5. The van der Waals surface area contributed by atoms with Crippen molar-refractivity contribution in [3.63, 3.8) is 0 Å². The molecule has 3 heterocycles. The van der Waals surface area contributed by atoms with E-state index >= 15 is 0 Å². The number of thiazole rings is 1. The van der Waals surface area contributed by atoms with Gasteiger partial charge in [0.15, 0.2) is 5.78 Å². The first-order valence-corrected chi connectivity index (χ1v) is 23.3. The molecule has 4 aromatic rings. The lowest BCUT2D eigenvalue weighted by Crippen LogP contribution is -2.56. The normalized spacial score (nSPS) is 12.2. The molecule has 0 aliphatic carbocycles. The van der Waals surface area contributed by atoms with Crippen molar-refractivity contribution in [1.82, 2.24) is 35.1 Å². The maximum Gasteiger partial charge on any atom is 0.324 e. The fourth-order valence-corrected chi connectivity index (χ4v) is 8.57. The van der Waals surface area contributed by atoms with E-state index in [-0.39, 0.29) is 36.1 Å². The molecule has 0 aliphatic rings. The molecule has 0 saturated heterocycles. The molecule has 0 spiro atoms. The Morgan fingerprint density at radius 3 is 2.31 bits per heavy atom. The third-order valence-corrected chi connectivity index (χ3v) is 11.9. The Morgan fingerprint density at radius 2 is 1.73 bits per heavy atom. The third-order valence-electron chi connectivity index (χ3n) is 11.1. The van der Waals surface area contributed by atoms with Crippen LogP contribution in [0.15, 0.2) is 79.7 Å². The molecule has 3 aromatic heterocycles. The number of pyridine rings is 1. The topological polar surface area (TPSA) is 209 Å². The van der Waals surface area contributed by atoms with E-state index in [0.29, 0.717) is 50.3 Å². The molecule has 0 bridgehead atoms. The van der Waals surface area contributed by atoms with Crippen molar-refractivity contribution in [2.24, 2.45) is 28.6 Å². The summed E-state index contributed by atoms with van der Waals surface area (Å²) in [5.74, 6) is 4.68. The summed E-state index contributed by atoms with van der Waals surface area (Å²) in [5.41, 5.74) is 18.7. The molecule has 1 aromatic carbocycles. The molecule has 0 aliphatic heterocycles. The molecule has 3 unspecified atom stereocenters. The average Bonchev–Trinajstić information content (AvgIpc) is 3.94. The summed E-state index contributed by atoms with van der Waals surface area (Å²) in [5, 5.41) is 6.82. The number of hydrazine groups is 1. The number of hydrogen-bond acceptors (Lipinski definition) is 12. The highest BCUT2D eigenvalue weighted by atomic mass is 32.1. The quantitative estimate of drug-likeness (QED) is 0.0150. The van der Waals surface area contributed by atoms with Gasteiger partial charge >= 0.3 is 6.03 Å². The lowest BCUT2D eigenvalue weighted by molar-refractivity contribution is -0.131. The molecule has 17 heteroatoms. The van der Waals surface area contributed by atoms with Gasteiger partial charge in [0, 0.05) is 91.9 Å². The predicted octanol–water partition coefficient (Wildman–Crippen LogP) is 7.96. The number of amides is 3. The molecular weight excluding hydrogens is 872 g/mol. The number of aromatic nitrogens is 3. The fourth-order valence-electron chi connectivity index (χ4n) is 7.72. The van der Waals surface area contributed by atoms with Crippen molar-refractivity contribution in [2.45, 2.75) is 98.4 Å². The standard InChI is InChI=1S/C47H66N8O5S.CH3F.2CH5N/c1-13-31(6)53(10)46(58)54(11)43(30(4)5)45(57)52-37(40(56)20-16-17-24-50-48)26-41-51-38(28-61-41)33-21-22-39-35(25-33)36(27-47(8,9)29-60-15-3)44(55(39)14-2)34-19-18-23-49-42(34)32(7)59-12;3*1-2/h13,15,18-19,21-23,25,28,30,32,37,43,50H,1,3,6,14,16-17,20,24,26-27,29,48H2,2,4-5,7-12H3,(H,52,57);1H3;2*2H2,1H3. The highest BCUT2D eigenvalue weighted by Gasteiger charge is 2.35. The molecule has 15 nitrogen and oxygen atoms in total. The highest BCUT2D eigenvalue weighted by molar-refractivity contribution is 7.10. The number of Topliss-reactive ketones (excluding diaryl/α,β-unsaturated/α-hetero) is 1. The van der Waals surface area contributed by atoms with Crippen molar-refractivity contribution in [1.29, 1.82) is 0 Å². The van der Waals surface area contributed by atoms with Crippen molar-refractivity contribution >= 4 is 40.0 Å². The largest absolute Gasteiger partial charge is 0.501 e. The van der Waals surface area contributed by atoms with Gasteiger partial charge in [0.25, 0.3) is 0 Å². The van der Waals surface area contributed by atoms with Gasteiger partial charge in [-0.25, -0.2) is 9.78 Å². The second kappa shape index (κ2) is 30.2. The number of carbonyl (C=O) groups excluding carboxylic acids is 3. The summed E-state index contributed by atoms with van der Waals surface area (Å²) in [6.45, 7) is 25.4. The van der Waals surface area contributed by atoms with E-state index in [2.05, 4.69) is 91.6 Å². The summed E-state index contributed by atoms with van der Waals surface area (Å²) in [7, 11) is 8.36. The van der Waals surface area contributed by atoms with E-state index in [1.807, 2.05) is 32.2 Å². The number of nitrogens with two attached hydrogens (primary N) is 3. The van der Waals surface area contributed by atoms with Crippen LogP contribution in [0, 0.1) is 11.3 Å².